The van der Waals surface area contributed by atoms with Crippen molar-refractivity contribution in [2.75, 3.05) is 32.7 Å². The average Bonchev–Trinajstić information content (AvgIpc) is 2.82. The molecule has 1 fully saturated rings. The Kier molecular flexibility index (Phi) is 9.12. The molecule has 2 aromatic rings. The third kappa shape index (κ3) is 6.61. The Bertz CT molecular complexity index is 970. The molecular formula is C26H34F2N4O2. The molecule has 0 saturated carbocycles. The highest BCUT2D eigenvalue weighted by Crippen LogP contribution is 2.15. The van der Waals surface area contributed by atoms with Crippen molar-refractivity contribution in [3.8, 4) is 0 Å². The van der Waals surface area contributed by atoms with Gasteiger partial charge in [0.05, 0.1) is 0 Å². The van der Waals surface area contributed by atoms with Gasteiger partial charge in [0.15, 0.2) is 0 Å². The molecular weight excluding hydrogens is 438 g/mol. The fourth-order valence-corrected chi connectivity index (χ4v) is 4.14. The van der Waals surface area contributed by atoms with E-state index in [0.717, 1.165) is 62.5 Å². The van der Waals surface area contributed by atoms with E-state index in [1.165, 1.54) is 6.07 Å². The summed E-state index contributed by atoms with van der Waals surface area (Å²) in [6.07, 6.45) is 0. The zero-order chi connectivity index (χ0) is 24.7. The molecule has 1 saturated heterocycles. The predicted molar refractivity (Wildman–Crippen MR) is 128 cm³/mol. The number of hydrogen-bond donors (Lipinski definition) is 2. The summed E-state index contributed by atoms with van der Waals surface area (Å²) in [4.78, 5) is 30.3. The molecule has 8 heteroatoms. The molecule has 2 aromatic carbocycles. The van der Waals surface area contributed by atoms with Crippen LogP contribution in [0.4, 0.5) is 8.78 Å². The predicted octanol–water partition coefficient (Wildman–Crippen LogP) is 3.17. The molecule has 2 N–H and O–H groups in total. The van der Waals surface area contributed by atoms with Crippen molar-refractivity contribution in [3.63, 3.8) is 0 Å². The molecule has 0 unspecified atom stereocenters. The summed E-state index contributed by atoms with van der Waals surface area (Å²) in [5.74, 6) is -3.55. The topological polar surface area (TPSA) is 64.7 Å². The van der Waals surface area contributed by atoms with Gasteiger partial charge in [-0.2, -0.15) is 0 Å². The molecule has 1 aliphatic heterocycles. The van der Waals surface area contributed by atoms with Crippen molar-refractivity contribution in [3.05, 3.63) is 70.8 Å². The maximum atomic E-state index is 14.0. The molecule has 6 nitrogen and oxygen atoms in total. The molecule has 0 bridgehead atoms. The lowest BCUT2D eigenvalue weighted by molar-refractivity contribution is -0.124. The summed E-state index contributed by atoms with van der Waals surface area (Å²) in [5, 5.41) is 5.39. The first-order valence-corrected chi connectivity index (χ1v) is 11.8. The molecule has 1 atom stereocenters. The van der Waals surface area contributed by atoms with Crippen LogP contribution >= 0.6 is 0 Å². The molecule has 3 rings (SSSR count). The highest BCUT2D eigenvalue weighted by atomic mass is 19.1. The van der Waals surface area contributed by atoms with Crippen LogP contribution in [0.25, 0.3) is 0 Å². The van der Waals surface area contributed by atoms with Gasteiger partial charge >= 0.3 is 0 Å². The summed E-state index contributed by atoms with van der Waals surface area (Å²) in [6.45, 7) is 12.0. The number of halogens is 2. The summed E-state index contributed by atoms with van der Waals surface area (Å²) >= 11 is 0. The number of nitrogens with one attached hydrogen (secondary N) is 2. The summed E-state index contributed by atoms with van der Waals surface area (Å²) in [7, 11) is 0. The first-order chi connectivity index (χ1) is 16.3. The van der Waals surface area contributed by atoms with E-state index < -0.39 is 35.1 Å². The van der Waals surface area contributed by atoms with E-state index in [0.29, 0.717) is 6.54 Å². The quantitative estimate of drug-likeness (QED) is 0.589. The van der Waals surface area contributed by atoms with Crippen LogP contribution in [-0.4, -0.2) is 60.4 Å². The van der Waals surface area contributed by atoms with E-state index in [-0.39, 0.29) is 5.92 Å². The smallest absolute Gasteiger partial charge is 0.257 e. The molecule has 1 aliphatic rings. The lowest BCUT2D eigenvalue weighted by Gasteiger charge is -2.34. The number of piperazine rings is 1. The van der Waals surface area contributed by atoms with Gasteiger partial charge in [-0.3, -0.25) is 14.5 Å². The Balaban J connectivity index is 1.63. The Morgan fingerprint density at radius 2 is 1.50 bits per heavy atom. The minimum atomic E-state index is -0.964. The first kappa shape index (κ1) is 25.8. The van der Waals surface area contributed by atoms with E-state index >= 15 is 0 Å². The SMILES string of the molecule is CCN1CCN(Cc2ccccc2CNC(=O)[C@@H](NC(=O)c2c(F)cccc2F)C(C)C)CC1. The van der Waals surface area contributed by atoms with Crippen LogP contribution in [0.2, 0.25) is 0 Å². The van der Waals surface area contributed by atoms with E-state index in [2.05, 4.69) is 33.4 Å². The van der Waals surface area contributed by atoms with Crippen LogP contribution < -0.4 is 10.6 Å². The second-order valence-corrected chi connectivity index (χ2v) is 8.99. The molecule has 1 heterocycles. The zero-order valence-electron chi connectivity index (χ0n) is 20.1. The third-order valence-corrected chi connectivity index (χ3v) is 6.30. The van der Waals surface area contributed by atoms with Gasteiger partial charge in [-0.05, 0) is 35.7 Å². The lowest BCUT2D eigenvalue weighted by atomic mass is 10.0. The number of benzene rings is 2. The molecule has 0 radical (unpaired) electrons. The van der Waals surface area contributed by atoms with Crippen molar-refractivity contribution in [2.45, 2.75) is 39.9 Å². The fraction of sp³-hybridized carbons (Fsp3) is 0.462. The van der Waals surface area contributed by atoms with Gasteiger partial charge in [-0.15, -0.1) is 0 Å². The highest BCUT2D eigenvalue weighted by molar-refractivity contribution is 5.98. The standard InChI is InChI=1S/C26H34F2N4O2/c1-4-31-12-14-32(15-13-31)17-20-9-6-5-8-19(20)16-29-26(34)24(18(2)3)30-25(33)23-21(27)10-7-11-22(23)28/h5-11,18,24H,4,12-17H2,1-3H3,(H,29,34)(H,30,33)/t24-/m0/s1. The zero-order valence-corrected chi connectivity index (χ0v) is 20.1. The number of rotatable bonds is 9. The number of carbonyl (C=O) groups excluding carboxylic acids is 2. The molecule has 184 valence electrons. The van der Waals surface area contributed by atoms with Crippen molar-refractivity contribution in [2.24, 2.45) is 5.92 Å². The average molecular weight is 473 g/mol. The van der Waals surface area contributed by atoms with Gasteiger partial charge < -0.3 is 15.5 Å². The van der Waals surface area contributed by atoms with Gasteiger partial charge in [-0.1, -0.05) is 51.1 Å². The molecule has 0 spiro atoms. The number of amides is 2. The first-order valence-electron chi connectivity index (χ1n) is 11.8. The molecule has 0 aliphatic carbocycles. The van der Waals surface area contributed by atoms with E-state index in [9.17, 15) is 18.4 Å². The Hall–Kier alpha value is -2.84. The Morgan fingerprint density at radius 1 is 0.912 bits per heavy atom. The molecule has 2 amide bonds. The lowest BCUT2D eigenvalue weighted by Crippen LogP contribution is -2.50. The second-order valence-electron chi connectivity index (χ2n) is 8.99. The van der Waals surface area contributed by atoms with E-state index in [4.69, 9.17) is 0 Å². The Labute approximate surface area is 200 Å². The van der Waals surface area contributed by atoms with Gasteiger partial charge in [-0.25, -0.2) is 8.78 Å². The maximum Gasteiger partial charge on any atom is 0.257 e. The van der Waals surface area contributed by atoms with Crippen LogP contribution in [-0.2, 0) is 17.9 Å². The van der Waals surface area contributed by atoms with Crippen molar-refractivity contribution in [1.82, 2.24) is 20.4 Å². The van der Waals surface area contributed by atoms with E-state index in [1.54, 1.807) is 13.8 Å². The molecule has 0 aromatic heterocycles. The second kappa shape index (κ2) is 12.0. The largest absolute Gasteiger partial charge is 0.350 e. The summed E-state index contributed by atoms with van der Waals surface area (Å²) in [6, 6.07) is 10.3. The summed E-state index contributed by atoms with van der Waals surface area (Å²) in [5.41, 5.74) is 1.46. The molecule has 34 heavy (non-hydrogen) atoms. The van der Waals surface area contributed by atoms with Crippen LogP contribution in [0, 0.1) is 17.6 Å². The number of nitrogens with zero attached hydrogens (tertiary/aromatic N) is 2. The number of likely N-dealkylation sites (N-methyl/N-ethyl adjacent to an activating group) is 1. The van der Waals surface area contributed by atoms with Crippen LogP contribution in [0.5, 0.6) is 0 Å². The van der Waals surface area contributed by atoms with Gasteiger partial charge in [0.2, 0.25) is 5.91 Å². The minimum Gasteiger partial charge on any atom is -0.350 e. The third-order valence-electron chi connectivity index (χ3n) is 6.30. The van der Waals surface area contributed by atoms with Crippen LogP contribution in [0.1, 0.15) is 42.3 Å². The Morgan fingerprint density at radius 3 is 2.09 bits per heavy atom. The van der Waals surface area contributed by atoms with Crippen molar-refractivity contribution < 1.29 is 18.4 Å². The normalized spacial score (nSPS) is 15.8. The van der Waals surface area contributed by atoms with Gasteiger partial charge in [0, 0.05) is 39.3 Å². The van der Waals surface area contributed by atoms with Crippen molar-refractivity contribution in [1.29, 1.82) is 0 Å². The fourth-order valence-electron chi connectivity index (χ4n) is 4.14. The van der Waals surface area contributed by atoms with Gasteiger partial charge in [0.25, 0.3) is 5.91 Å². The van der Waals surface area contributed by atoms with E-state index in [1.807, 2.05) is 18.2 Å². The number of hydrogen-bond acceptors (Lipinski definition) is 4. The van der Waals surface area contributed by atoms with Gasteiger partial charge in [0.1, 0.15) is 23.2 Å². The van der Waals surface area contributed by atoms with Crippen LogP contribution in [0.3, 0.4) is 0 Å². The van der Waals surface area contributed by atoms with Crippen molar-refractivity contribution >= 4 is 11.8 Å². The highest BCUT2D eigenvalue weighted by Gasteiger charge is 2.27. The monoisotopic (exact) mass is 472 g/mol. The summed E-state index contributed by atoms with van der Waals surface area (Å²) < 4.78 is 28.0. The maximum absolute atomic E-state index is 14.0. The number of carbonyl (C=O) groups is 2. The van der Waals surface area contributed by atoms with Crippen LogP contribution in [0.15, 0.2) is 42.5 Å². The minimum absolute atomic E-state index is 0.274.